The van der Waals surface area contributed by atoms with Crippen LogP contribution in [0.25, 0.3) is 0 Å². The number of amides is 1. The fourth-order valence-corrected chi connectivity index (χ4v) is 5.29. The largest absolute Gasteiger partial charge is 0.497 e. The van der Waals surface area contributed by atoms with E-state index < -0.39 is 5.97 Å². The summed E-state index contributed by atoms with van der Waals surface area (Å²) in [5.74, 6) is -0.326. The summed E-state index contributed by atoms with van der Waals surface area (Å²) >= 11 is 0. The molecule has 0 aromatic heterocycles. The first kappa shape index (κ1) is 22.7. The van der Waals surface area contributed by atoms with E-state index in [4.69, 9.17) is 4.74 Å². The van der Waals surface area contributed by atoms with Gasteiger partial charge in [0.05, 0.1) is 26.5 Å². The average Bonchev–Trinajstić information content (AvgIpc) is 2.82. The van der Waals surface area contributed by atoms with E-state index in [9.17, 15) is 14.7 Å². The standard InChI is InChI=1S/C28H29NO4/c1-19-17-20(2)24-15-16-29(26(30)13-14-27(31)32,22-9-11-23(33-3)12-10-22)28(25(24)18-19)21-7-5-4-6-8-21/h4-12,17-18,28H,13-16H2,1-3H3/p+1. The van der Waals surface area contributed by atoms with Gasteiger partial charge in [0, 0.05) is 29.7 Å². The smallest absolute Gasteiger partial charge is 0.320 e. The third-order valence-electron chi connectivity index (χ3n) is 6.75. The van der Waals surface area contributed by atoms with Gasteiger partial charge in [-0.25, -0.2) is 9.28 Å². The number of nitrogens with zero attached hydrogens (tertiary/aromatic N) is 1. The third-order valence-corrected chi connectivity index (χ3v) is 6.75. The number of hydrogen-bond acceptors (Lipinski definition) is 3. The molecule has 1 aliphatic heterocycles. The quantitative estimate of drug-likeness (QED) is 0.520. The van der Waals surface area contributed by atoms with Crippen LogP contribution in [0.15, 0.2) is 66.7 Å². The molecular weight excluding hydrogens is 414 g/mol. The van der Waals surface area contributed by atoms with Gasteiger partial charge in [0.1, 0.15) is 11.4 Å². The average molecular weight is 445 g/mol. The first-order valence-corrected chi connectivity index (χ1v) is 11.3. The number of aryl methyl sites for hydroxylation is 2. The van der Waals surface area contributed by atoms with E-state index in [2.05, 4.69) is 38.1 Å². The molecule has 170 valence electrons. The topological polar surface area (TPSA) is 63.6 Å². The molecule has 0 spiro atoms. The van der Waals surface area contributed by atoms with Crippen LogP contribution in [0.1, 0.15) is 46.7 Å². The number of hydrogen-bond donors (Lipinski definition) is 1. The maximum atomic E-state index is 14.0. The van der Waals surface area contributed by atoms with Crippen molar-refractivity contribution in [2.24, 2.45) is 0 Å². The number of carboxylic acid groups (broad SMARTS) is 1. The molecular formula is C28H30NO4+. The Morgan fingerprint density at radius 2 is 1.70 bits per heavy atom. The summed E-state index contributed by atoms with van der Waals surface area (Å²) in [5, 5.41) is 9.32. The maximum Gasteiger partial charge on any atom is 0.320 e. The normalized spacial score (nSPS) is 19.5. The molecule has 2 unspecified atom stereocenters. The lowest BCUT2D eigenvalue weighted by Gasteiger charge is -2.46. The van der Waals surface area contributed by atoms with E-state index in [0.29, 0.717) is 6.54 Å². The zero-order valence-corrected chi connectivity index (χ0v) is 19.4. The number of methoxy groups -OCH3 is 1. The Balaban J connectivity index is 1.99. The summed E-state index contributed by atoms with van der Waals surface area (Å²) in [5.41, 5.74) is 6.70. The number of carbonyl (C=O) groups is 2. The highest BCUT2D eigenvalue weighted by Gasteiger charge is 2.50. The fourth-order valence-electron chi connectivity index (χ4n) is 5.29. The zero-order valence-electron chi connectivity index (χ0n) is 19.4. The molecule has 4 rings (SSSR count). The lowest BCUT2D eigenvalue weighted by atomic mass is 9.81. The summed E-state index contributed by atoms with van der Waals surface area (Å²) in [6, 6.07) is 21.9. The fraction of sp³-hybridized carbons (Fsp3) is 0.286. The Bertz CT molecular complexity index is 1170. The molecule has 0 bridgehead atoms. The zero-order chi connectivity index (χ0) is 23.6. The minimum atomic E-state index is -0.961. The van der Waals surface area contributed by atoms with E-state index >= 15 is 0 Å². The molecule has 0 radical (unpaired) electrons. The number of benzene rings is 3. The number of carbonyl (C=O) groups excluding carboxylic acids is 1. The molecule has 0 saturated carbocycles. The number of aliphatic carboxylic acids is 1. The first-order valence-electron chi connectivity index (χ1n) is 11.3. The summed E-state index contributed by atoms with van der Waals surface area (Å²) in [6.07, 6.45) is 0.538. The van der Waals surface area contributed by atoms with Crippen LogP contribution in [-0.4, -0.2) is 30.6 Å². The molecule has 1 N–H and O–H groups in total. The molecule has 5 heteroatoms. The van der Waals surface area contributed by atoms with Crippen LogP contribution in [0.3, 0.4) is 0 Å². The molecule has 5 nitrogen and oxygen atoms in total. The van der Waals surface area contributed by atoms with Crippen molar-refractivity contribution in [2.45, 2.75) is 39.2 Å². The summed E-state index contributed by atoms with van der Waals surface area (Å²) in [6.45, 7) is 4.78. The Kier molecular flexibility index (Phi) is 6.34. The summed E-state index contributed by atoms with van der Waals surface area (Å²) in [7, 11) is 1.62. The summed E-state index contributed by atoms with van der Waals surface area (Å²) in [4.78, 5) is 25.4. The van der Waals surface area contributed by atoms with Crippen molar-refractivity contribution in [3.63, 3.8) is 0 Å². The second-order valence-electron chi connectivity index (χ2n) is 8.79. The van der Waals surface area contributed by atoms with Gasteiger partial charge >= 0.3 is 11.9 Å². The van der Waals surface area contributed by atoms with Crippen molar-refractivity contribution in [3.05, 3.63) is 94.5 Å². The highest BCUT2D eigenvalue weighted by molar-refractivity contribution is 5.92. The maximum absolute atomic E-state index is 14.0. The minimum absolute atomic E-state index is 0.0230. The number of rotatable bonds is 6. The summed E-state index contributed by atoms with van der Waals surface area (Å²) < 4.78 is 5.43. The van der Waals surface area contributed by atoms with Crippen molar-refractivity contribution in [1.29, 1.82) is 0 Å². The van der Waals surface area contributed by atoms with Crippen LogP contribution in [0.2, 0.25) is 0 Å². The van der Waals surface area contributed by atoms with Gasteiger partial charge in [0.25, 0.3) is 0 Å². The Hall–Kier alpha value is -3.44. The van der Waals surface area contributed by atoms with Crippen LogP contribution < -0.4 is 9.22 Å². The number of ether oxygens (including phenoxy) is 1. The lowest BCUT2D eigenvalue weighted by Crippen LogP contribution is -2.60. The third kappa shape index (κ3) is 4.16. The molecule has 0 aliphatic carbocycles. The van der Waals surface area contributed by atoms with Gasteiger partial charge in [-0.1, -0.05) is 42.0 Å². The van der Waals surface area contributed by atoms with Crippen molar-refractivity contribution in [2.75, 3.05) is 13.7 Å². The van der Waals surface area contributed by atoms with Gasteiger partial charge in [-0.3, -0.25) is 4.79 Å². The van der Waals surface area contributed by atoms with Crippen LogP contribution in [0.4, 0.5) is 5.69 Å². The van der Waals surface area contributed by atoms with Crippen LogP contribution in [0, 0.1) is 13.8 Å². The SMILES string of the molecule is COc1ccc([N+]2(C(=O)CCC(=O)O)CCc3c(C)cc(C)cc3C2c2ccccc2)cc1. The molecule has 33 heavy (non-hydrogen) atoms. The molecule has 1 amide bonds. The van der Waals surface area contributed by atoms with E-state index in [0.717, 1.165) is 34.5 Å². The predicted molar refractivity (Wildman–Crippen MR) is 129 cm³/mol. The van der Waals surface area contributed by atoms with Gasteiger partial charge in [-0.2, -0.15) is 0 Å². The number of quaternary nitrogens is 1. The minimum Gasteiger partial charge on any atom is -0.497 e. The highest BCUT2D eigenvalue weighted by atomic mass is 16.5. The van der Waals surface area contributed by atoms with Crippen LogP contribution >= 0.6 is 0 Å². The monoisotopic (exact) mass is 444 g/mol. The van der Waals surface area contributed by atoms with E-state index in [1.165, 1.54) is 11.1 Å². The van der Waals surface area contributed by atoms with Gasteiger partial charge in [0.15, 0.2) is 6.04 Å². The van der Waals surface area contributed by atoms with E-state index in [1.54, 1.807) is 7.11 Å². The first-order chi connectivity index (χ1) is 15.9. The highest BCUT2D eigenvalue weighted by Crippen LogP contribution is 2.46. The number of carboxylic acids is 1. The van der Waals surface area contributed by atoms with Crippen LogP contribution in [0.5, 0.6) is 5.75 Å². The second-order valence-corrected chi connectivity index (χ2v) is 8.79. The van der Waals surface area contributed by atoms with Gasteiger partial charge in [-0.05, 0) is 43.2 Å². The molecule has 0 saturated heterocycles. The lowest BCUT2D eigenvalue weighted by molar-refractivity contribution is -0.141. The van der Waals surface area contributed by atoms with E-state index in [-0.39, 0.29) is 29.3 Å². The molecule has 3 aromatic carbocycles. The predicted octanol–water partition coefficient (Wildman–Crippen LogP) is 5.36. The second kappa shape index (κ2) is 9.20. The van der Waals surface area contributed by atoms with Crippen molar-refractivity contribution in [3.8, 4) is 5.75 Å². The van der Waals surface area contributed by atoms with Gasteiger partial charge < -0.3 is 9.84 Å². The Morgan fingerprint density at radius 3 is 2.33 bits per heavy atom. The van der Waals surface area contributed by atoms with Gasteiger partial charge in [0.2, 0.25) is 0 Å². The molecule has 2 atom stereocenters. The van der Waals surface area contributed by atoms with Crippen molar-refractivity contribution < 1.29 is 19.4 Å². The molecule has 1 heterocycles. The van der Waals surface area contributed by atoms with Crippen molar-refractivity contribution >= 4 is 17.6 Å². The Morgan fingerprint density at radius 1 is 1.00 bits per heavy atom. The molecule has 3 aromatic rings. The van der Waals surface area contributed by atoms with Gasteiger partial charge in [-0.15, -0.1) is 0 Å². The van der Waals surface area contributed by atoms with Crippen LogP contribution in [-0.2, 0) is 16.0 Å². The van der Waals surface area contributed by atoms with Crippen molar-refractivity contribution in [1.82, 2.24) is 4.48 Å². The Labute approximate surface area is 194 Å². The number of fused-ring (bicyclic) bond motifs is 1. The molecule has 1 aliphatic rings. The molecule has 0 fully saturated rings. The van der Waals surface area contributed by atoms with E-state index in [1.807, 2.05) is 42.5 Å².